The normalized spacial score (nSPS) is 20.3. The van der Waals surface area contributed by atoms with Crippen molar-refractivity contribution in [3.63, 3.8) is 0 Å². The van der Waals surface area contributed by atoms with Crippen LogP contribution in [0.5, 0.6) is 0 Å². The van der Waals surface area contributed by atoms with E-state index in [0.717, 1.165) is 27.4 Å². The molecule has 0 aliphatic carbocycles. The molecular weight excluding hydrogens is 290 g/mol. The maximum Gasteiger partial charge on any atom is 0.116 e. The molecule has 4 heteroatoms. The Bertz CT molecular complexity index is 692. The second-order valence-corrected chi connectivity index (χ2v) is 5.41. The van der Waals surface area contributed by atoms with E-state index in [1.54, 1.807) is 0 Å². The average molecular weight is 302 g/mol. The van der Waals surface area contributed by atoms with Crippen LogP contribution < -0.4 is 0 Å². The van der Waals surface area contributed by atoms with Crippen molar-refractivity contribution < 1.29 is 4.74 Å². The predicted octanol–water partition coefficient (Wildman–Crippen LogP) is 5.20. The lowest BCUT2D eigenvalue weighted by atomic mass is 10.0. The number of aryl methyl sites for hydroxylation is 1. The van der Waals surface area contributed by atoms with Crippen molar-refractivity contribution in [3.05, 3.63) is 64.2 Å². The molecule has 0 saturated carbocycles. The third-order valence-electron chi connectivity index (χ3n) is 3.35. The number of rotatable bonds is 3. The molecule has 2 nitrogen and oxygen atoms in total. The van der Waals surface area contributed by atoms with Gasteiger partial charge in [-0.05, 0) is 48.5 Å². The van der Waals surface area contributed by atoms with E-state index in [4.69, 9.17) is 28.6 Å². The van der Waals surface area contributed by atoms with Gasteiger partial charge in [0.1, 0.15) is 12.2 Å². The van der Waals surface area contributed by atoms with Crippen molar-refractivity contribution in [3.8, 4) is 0 Å². The van der Waals surface area contributed by atoms with Crippen LogP contribution in [-0.2, 0) is 4.74 Å². The fourth-order valence-corrected chi connectivity index (χ4v) is 2.52. The van der Waals surface area contributed by atoms with Crippen molar-refractivity contribution in [2.45, 2.75) is 19.1 Å². The molecule has 1 aliphatic heterocycles. The first kappa shape index (κ1) is 13.5. The summed E-state index contributed by atoms with van der Waals surface area (Å²) in [6, 6.07) is 13.8. The van der Waals surface area contributed by atoms with Crippen molar-refractivity contribution in [2.24, 2.45) is 4.99 Å². The van der Waals surface area contributed by atoms with Crippen LogP contribution in [0.15, 0.2) is 47.5 Å². The second-order valence-electron chi connectivity index (χ2n) is 4.79. The molecule has 0 spiro atoms. The summed E-state index contributed by atoms with van der Waals surface area (Å²) in [5, 5.41) is 3.16. The number of halogens is 1. The molecule has 0 radical (unpaired) electrons. The topological polar surface area (TPSA) is 24.9 Å². The number of nitrogens with zero attached hydrogens (tertiary/aromatic N) is 1. The summed E-state index contributed by atoms with van der Waals surface area (Å²) < 4.78 is 5.79. The maximum atomic E-state index is 5.90. The monoisotopic (exact) mass is 301 g/mol. The van der Waals surface area contributed by atoms with E-state index in [-0.39, 0.29) is 12.2 Å². The molecule has 2 unspecified atom stereocenters. The van der Waals surface area contributed by atoms with Crippen molar-refractivity contribution >= 4 is 34.7 Å². The quantitative estimate of drug-likeness (QED) is 0.442. The standard InChI is InChI=1S/C16H12ClNOS/c1-10-2-7-13(14(8-10)18-9-20)16-15(19-16)11-3-5-12(17)6-4-11/h2-8,15-16H,1H3. The van der Waals surface area contributed by atoms with Gasteiger partial charge in [-0.3, -0.25) is 0 Å². The van der Waals surface area contributed by atoms with E-state index in [1.807, 2.05) is 43.3 Å². The first-order valence-corrected chi connectivity index (χ1v) is 7.07. The highest BCUT2D eigenvalue weighted by atomic mass is 35.5. The molecule has 1 heterocycles. The van der Waals surface area contributed by atoms with Crippen LogP contribution in [0.2, 0.25) is 5.02 Å². The van der Waals surface area contributed by atoms with Crippen molar-refractivity contribution in [1.82, 2.24) is 0 Å². The lowest BCUT2D eigenvalue weighted by Gasteiger charge is -2.03. The highest BCUT2D eigenvalue weighted by Crippen LogP contribution is 2.53. The van der Waals surface area contributed by atoms with Gasteiger partial charge in [0.25, 0.3) is 0 Å². The Morgan fingerprint density at radius 1 is 1.15 bits per heavy atom. The minimum absolute atomic E-state index is 0.0267. The van der Waals surface area contributed by atoms with Crippen molar-refractivity contribution in [1.29, 1.82) is 0 Å². The highest BCUT2D eigenvalue weighted by Gasteiger charge is 2.42. The molecule has 0 amide bonds. The fourth-order valence-electron chi connectivity index (χ4n) is 2.30. The van der Waals surface area contributed by atoms with Gasteiger partial charge < -0.3 is 4.74 Å². The van der Waals surface area contributed by atoms with E-state index in [2.05, 4.69) is 16.2 Å². The molecule has 2 aromatic rings. The zero-order valence-electron chi connectivity index (χ0n) is 10.8. The fraction of sp³-hybridized carbons (Fsp3) is 0.188. The van der Waals surface area contributed by atoms with E-state index in [1.165, 1.54) is 0 Å². The van der Waals surface area contributed by atoms with E-state index < -0.39 is 0 Å². The summed E-state index contributed by atoms with van der Waals surface area (Å²) in [7, 11) is 0. The Balaban J connectivity index is 1.89. The van der Waals surface area contributed by atoms with Crippen LogP contribution in [0.25, 0.3) is 0 Å². The number of thiocarbonyl (C=S) groups is 1. The van der Waals surface area contributed by atoms with Gasteiger partial charge in [-0.1, -0.05) is 35.9 Å². The van der Waals surface area contributed by atoms with Gasteiger partial charge in [0.05, 0.1) is 10.8 Å². The third-order valence-corrected chi connectivity index (χ3v) is 3.69. The minimum atomic E-state index is 0.0267. The second kappa shape index (κ2) is 5.47. The molecule has 0 N–H and O–H groups in total. The Hall–Kier alpha value is -1.51. The van der Waals surface area contributed by atoms with Crippen molar-refractivity contribution in [2.75, 3.05) is 0 Å². The molecule has 1 saturated heterocycles. The summed E-state index contributed by atoms with van der Waals surface area (Å²) >= 11 is 10.6. The van der Waals surface area contributed by atoms with Crippen LogP contribution in [0, 0.1) is 6.92 Å². The Kier molecular flexibility index (Phi) is 3.68. The van der Waals surface area contributed by atoms with E-state index >= 15 is 0 Å². The molecule has 1 fully saturated rings. The van der Waals surface area contributed by atoms with Gasteiger partial charge >= 0.3 is 0 Å². The molecule has 2 aromatic carbocycles. The number of epoxide rings is 1. The van der Waals surface area contributed by atoms with Crippen LogP contribution >= 0.6 is 23.8 Å². The number of aliphatic imine (C=N–C) groups is 1. The Morgan fingerprint density at radius 2 is 1.90 bits per heavy atom. The van der Waals surface area contributed by atoms with Gasteiger partial charge in [-0.15, -0.1) is 0 Å². The highest BCUT2D eigenvalue weighted by molar-refractivity contribution is 7.78. The Morgan fingerprint density at radius 3 is 2.60 bits per heavy atom. The van der Waals surface area contributed by atoms with Crippen LogP contribution in [0.4, 0.5) is 5.69 Å². The van der Waals surface area contributed by atoms with Crippen LogP contribution in [-0.4, -0.2) is 5.16 Å². The molecule has 100 valence electrons. The number of benzene rings is 2. The summed E-state index contributed by atoms with van der Waals surface area (Å²) in [5.74, 6) is 0. The number of hydrogen-bond donors (Lipinski definition) is 0. The molecule has 20 heavy (non-hydrogen) atoms. The van der Waals surface area contributed by atoms with Gasteiger partial charge in [-0.2, -0.15) is 4.99 Å². The van der Waals surface area contributed by atoms with Gasteiger partial charge in [0, 0.05) is 10.6 Å². The maximum absolute atomic E-state index is 5.90. The first-order chi connectivity index (χ1) is 9.69. The molecule has 2 atom stereocenters. The van der Waals surface area contributed by atoms with E-state index in [9.17, 15) is 0 Å². The summed E-state index contributed by atoms with van der Waals surface area (Å²) in [5.41, 5.74) is 4.15. The number of isothiocyanates is 1. The predicted molar refractivity (Wildman–Crippen MR) is 83.9 cm³/mol. The van der Waals surface area contributed by atoms with Gasteiger partial charge in [0.2, 0.25) is 0 Å². The smallest absolute Gasteiger partial charge is 0.116 e. The van der Waals surface area contributed by atoms with E-state index in [0.29, 0.717) is 0 Å². The lowest BCUT2D eigenvalue weighted by Crippen LogP contribution is -1.86. The minimum Gasteiger partial charge on any atom is -0.359 e. The lowest BCUT2D eigenvalue weighted by molar-refractivity contribution is 0.378. The zero-order chi connectivity index (χ0) is 14.1. The van der Waals surface area contributed by atoms with Crippen LogP contribution in [0.1, 0.15) is 28.9 Å². The largest absolute Gasteiger partial charge is 0.359 e. The average Bonchev–Trinajstić information content (AvgIpc) is 3.20. The summed E-state index contributed by atoms with van der Waals surface area (Å²) in [6.07, 6.45) is 0.0907. The number of hydrogen-bond acceptors (Lipinski definition) is 3. The zero-order valence-corrected chi connectivity index (χ0v) is 12.4. The first-order valence-electron chi connectivity index (χ1n) is 6.28. The third kappa shape index (κ3) is 2.67. The molecule has 0 aromatic heterocycles. The number of ether oxygens (including phenoxy) is 1. The van der Waals surface area contributed by atoms with Crippen LogP contribution in [0.3, 0.4) is 0 Å². The molecule has 0 bridgehead atoms. The summed E-state index contributed by atoms with van der Waals surface area (Å²) in [4.78, 5) is 4.13. The molecule has 1 aliphatic rings. The van der Waals surface area contributed by atoms with Gasteiger partial charge in [0.15, 0.2) is 0 Å². The summed E-state index contributed by atoms with van der Waals surface area (Å²) in [6.45, 7) is 2.02. The molecule has 3 rings (SSSR count). The van der Waals surface area contributed by atoms with Gasteiger partial charge in [-0.25, -0.2) is 0 Å². The Labute approximate surface area is 128 Å². The SMILES string of the molecule is Cc1ccc(C2OC2c2ccc(Cl)cc2)c(N=C=S)c1. The molecular formula is C16H12ClNOS.